The third-order valence-corrected chi connectivity index (χ3v) is 7.14. The summed E-state index contributed by atoms with van der Waals surface area (Å²) >= 11 is 0. The van der Waals surface area contributed by atoms with E-state index in [0.29, 0.717) is 32.7 Å². The van der Waals surface area contributed by atoms with Gasteiger partial charge in [0.25, 0.3) is 0 Å². The summed E-state index contributed by atoms with van der Waals surface area (Å²) in [6.45, 7) is 1.25. The Morgan fingerprint density at radius 2 is 1.71 bits per heavy atom. The summed E-state index contributed by atoms with van der Waals surface area (Å²) in [6.07, 6.45) is 3.20. The number of fused-ring (bicyclic) bond motifs is 5. The summed E-state index contributed by atoms with van der Waals surface area (Å²) in [5.41, 5.74) is 7.00. The van der Waals surface area contributed by atoms with E-state index >= 15 is 0 Å². The van der Waals surface area contributed by atoms with E-state index in [1.165, 1.54) is 33.9 Å². The molecule has 0 radical (unpaired) electrons. The van der Waals surface area contributed by atoms with Crippen LogP contribution in [0.4, 0.5) is 9.18 Å². The van der Waals surface area contributed by atoms with Gasteiger partial charge < -0.3 is 9.47 Å². The number of halogens is 1. The standard InChI is InChI=1S/C29H26FNO3/c30-21-7-5-6-19(13-21)12-20-14-22-16-33-17-23(15-20)31(22)29(32)34-18-28-26-10-3-1-8-24(26)25-9-2-4-11-27(25)28/h1-11,13-14,22-23,28H,12,15-18H2. The molecule has 1 saturated heterocycles. The number of morpholine rings is 1. The highest BCUT2D eigenvalue weighted by Gasteiger charge is 2.39. The fraction of sp³-hybridized carbons (Fsp3) is 0.276. The fourth-order valence-corrected chi connectivity index (χ4v) is 5.68. The molecule has 1 fully saturated rings. The first kappa shape index (κ1) is 21.1. The monoisotopic (exact) mass is 455 g/mol. The number of ether oxygens (including phenoxy) is 2. The second-order valence-electron chi connectivity index (χ2n) is 9.31. The highest BCUT2D eigenvalue weighted by molar-refractivity contribution is 5.79. The molecule has 0 spiro atoms. The molecule has 3 aliphatic rings. The maximum atomic E-state index is 13.6. The van der Waals surface area contributed by atoms with Crippen LogP contribution in [0.2, 0.25) is 0 Å². The van der Waals surface area contributed by atoms with E-state index in [9.17, 15) is 9.18 Å². The number of amides is 1. The van der Waals surface area contributed by atoms with Gasteiger partial charge in [0.1, 0.15) is 12.4 Å². The first-order valence-electron chi connectivity index (χ1n) is 11.8. The molecular formula is C29H26FNO3. The minimum atomic E-state index is -0.291. The Kier molecular flexibility index (Phi) is 5.42. The lowest BCUT2D eigenvalue weighted by atomic mass is 9.90. The van der Waals surface area contributed by atoms with Crippen molar-refractivity contribution in [1.82, 2.24) is 4.90 Å². The summed E-state index contributed by atoms with van der Waals surface area (Å²) < 4.78 is 25.3. The van der Waals surface area contributed by atoms with Crippen molar-refractivity contribution in [3.8, 4) is 11.1 Å². The molecule has 6 rings (SSSR count). The Morgan fingerprint density at radius 3 is 2.41 bits per heavy atom. The van der Waals surface area contributed by atoms with Crippen LogP contribution in [0.5, 0.6) is 0 Å². The summed E-state index contributed by atoms with van der Waals surface area (Å²) in [5, 5.41) is 0. The molecule has 4 nitrogen and oxygen atoms in total. The van der Waals surface area contributed by atoms with Crippen LogP contribution in [0.25, 0.3) is 11.1 Å². The van der Waals surface area contributed by atoms with Gasteiger partial charge in [0, 0.05) is 5.92 Å². The molecule has 5 heteroatoms. The van der Waals surface area contributed by atoms with Gasteiger partial charge in [-0.05, 0) is 52.8 Å². The average molecular weight is 456 g/mol. The second kappa shape index (κ2) is 8.73. The van der Waals surface area contributed by atoms with Crippen molar-refractivity contribution in [2.45, 2.75) is 30.8 Å². The van der Waals surface area contributed by atoms with Gasteiger partial charge in [0.15, 0.2) is 0 Å². The molecule has 2 heterocycles. The smallest absolute Gasteiger partial charge is 0.410 e. The molecule has 3 aromatic rings. The number of hydrogen-bond donors (Lipinski definition) is 0. The van der Waals surface area contributed by atoms with Gasteiger partial charge in [-0.3, -0.25) is 4.90 Å². The summed E-state index contributed by atoms with van der Waals surface area (Å²) in [4.78, 5) is 15.1. The largest absolute Gasteiger partial charge is 0.448 e. The molecule has 34 heavy (non-hydrogen) atoms. The van der Waals surface area contributed by atoms with Gasteiger partial charge in [0.05, 0.1) is 25.3 Å². The minimum Gasteiger partial charge on any atom is -0.448 e. The Balaban J connectivity index is 1.18. The quantitative estimate of drug-likeness (QED) is 0.473. The Morgan fingerprint density at radius 1 is 0.971 bits per heavy atom. The Bertz CT molecular complexity index is 1220. The van der Waals surface area contributed by atoms with E-state index in [1.54, 1.807) is 12.1 Å². The van der Waals surface area contributed by atoms with Crippen molar-refractivity contribution in [1.29, 1.82) is 0 Å². The van der Waals surface area contributed by atoms with E-state index in [-0.39, 0.29) is 29.9 Å². The van der Waals surface area contributed by atoms with Crippen molar-refractivity contribution < 1.29 is 18.7 Å². The molecule has 2 atom stereocenters. The number of hydrogen-bond acceptors (Lipinski definition) is 3. The Hall–Kier alpha value is -3.44. The van der Waals surface area contributed by atoms with E-state index in [1.807, 2.05) is 35.2 Å². The predicted octanol–water partition coefficient (Wildman–Crippen LogP) is 5.72. The van der Waals surface area contributed by atoms with Crippen molar-refractivity contribution >= 4 is 6.09 Å². The van der Waals surface area contributed by atoms with Gasteiger partial charge >= 0.3 is 6.09 Å². The van der Waals surface area contributed by atoms with Crippen LogP contribution in [-0.4, -0.2) is 42.9 Å². The maximum Gasteiger partial charge on any atom is 0.410 e. The average Bonchev–Trinajstić information content (AvgIpc) is 3.16. The van der Waals surface area contributed by atoms with Crippen LogP contribution < -0.4 is 0 Å². The Labute approximate surface area is 198 Å². The predicted molar refractivity (Wildman–Crippen MR) is 128 cm³/mol. The molecule has 0 aromatic heterocycles. The highest BCUT2D eigenvalue weighted by atomic mass is 19.1. The first-order chi connectivity index (χ1) is 16.7. The summed E-state index contributed by atoms with van der Waals surface area (Å²) in [6, 6.07) is 23.2. The molecule has 0 saturated carbocycles. The van der Waals surface area contributed by atoms with E-state index < -0.39 is 0 Å². The van der Waals surface area contributed by atoms with Crippen molar-refractivity contribution in [3.63, 3.8) is 0 Å². The molecule has 2 aliphatic heterocycles. The zero-order valence-corrected chi connectivity index (χ0v) is 18.8. The third-order valence-electron chi connectivity index (χ3n) is 7.14. The maximum absolute atomic E-state index is 13.6. The van der Waals surface area contributed by atoms with Crippen LogP contribution >= 0.6 is 0 Å². The molecule has 2 bridgehead atoms. The number of nitrogens with zero attached hydrogens (tertiary/aromatic N) is 1. The molecule has 1 aliphatic carbocycles. The molecule has 2 unspecified atom stereocenters. The fourth-order valence-electron chi connectivity index (χ4n) is 5.68. The lowest BCUT2D eigenvalue weighted by Crippen LogP contribution is -2.56. The van der Waals surface area contributed by atoms with Crippen LogP contribution in [0.15, 0.2) is 84.4 Å². The molecule has 0 N–H and O–H groups in total. The molecule has 3 aromatic carbocycles. The summed E-state index contributed by atoms with van der Waals surface area (Å²) in [7, 11) is 0. The van der Waals surface area contributed by atoms with Crippen molar-refractivity contribution in [3.05, 3.63) is 107 Å². The van der Waals surface area contributed by atoms with Gasteiger partial charge in [-0.15, -0.1) is 0 Å². The number of benzene rings is 3. The van der Waals surface area contributed by atoms with Gasteiger partial charge in [-0.2, -0.15) is 0 Å². The first-order valence-corrected chi connectivity index (χ1v) is 11.8. The van der Waals surface area contributed by atoms with E-state index in [2.05, 4.69) is 30.3 Å². The van der Waals surface area contributed by atoms with Gasteiger partial charge in [0.2, 0.25) is 0 Å². The zero-order valence-electron chi connectivity index (χ0n) is 18.8. The molecule has 1 amide bonds. The van der Waals surface area contributed by atoms with Crippen LogP contribution in [0, 0.1) is 5.82 Å². The SMILES string of the molecule is O=C(OCC1c2ccccc2-c2ccccc21)N1C2C=C(Cc3cccc(F)c3)CC1COC2. The number of carbonyl (C=O) groups is 1. The molecular weight excluding hydrogens is 429 g/mol. The topological polar surface area (TPSA) is 38.8 Å². The van der Waals surface area contributed by atoms with Crippen molar-refractivity contribution in [2.24, 2.45) is 0 Å². The van der Waals surface area contributed by atoms with Gasteiger partial charge in [-0.25, -0.2) is 9.18 Å². The third kappa shape index (κ3) is 3.80. The van der Waals surface area contributed by atoms with E-state index in [4.69, 9.17) is 9.47 Å². The second-order valence-corrected chi connectivity index (χ2v) is 9.31. The summed E-state index contributed by atoms with van der Waals surface area (Å²) in [5.74, 6) is -0.186. The highest BCUT2D eigenvalue weighted by Crippen LogP contribution is 2.44. The van der Waals surface area contributed by atoms with Crippen molar-refractivity contribution in [2.75, 3.05) is 19.8 Å². The lowest BCUT2D eigenvalue weighted by molar-refractivity contribution is -0.0363. The molecule has 172 valence electrons. The van der Waals surface area contributed by atoms with Crippen LogP contribution in [0.1, 0.15) is 29.0 Å². The zero-order chi connectivity index (χ0) is 23.1. The minimum absolute atomic E-state index is 0.0383. The van der Waals surface area contributed by atoms with Crippen LogP contribution in [0.3, 0.4) is 0 Å². The lowest BCUT2D eigenvalue weighted by Gasteiger charge is -2.44. The van der Waals surface area contributed by atoms with Gasteiger partial charge in [-0.1, -0.05) is 72.3 Å². The van der Waals surface area contributed by atoms with Crippen LogP contribution in [-0.2, 0) is 15.9 Å². The van der Waals surface area contributed by atoms with E-state index in [0.717, 1.165) is 5.56 Å². The number of rotatable bonds is 4. The number of carbonyl (C=O) groups excluding carboxylic acids is 1. The normalized spacial score (nSPS) is 21.0.